The Hall–Kier alpha value is -2.35. The number of nitrogens with zero attached hydrogens (tertiary/aromatic N) is 1. The van der Waals surface area contributed by atoms with Crippen LogP contribution < -0.4 is 5.32 Å². The van der Waals surface area contributed by atoms with Gasteiger partial charge in [-0.2, -0.15) is 0 Å². The minimum Gasteiger partial charge on any atom is -0.453 e. The molecule has 1 atom stereocenters. The zero-order chi connectivity index (χ0) is 19.1. The molecule has 1 saturated heterocycles. The molecule has 0 radical (unpaired) electrons. The largest absolute Gasteiger partial charge is 0.453 e. The van der Waals surface area contributed by atoms with Crippen LogP contribution in [0.2, 0.25) is 0 Å². The van der Waals surface area contributed by atoms with E-state index < -0.39 is 12.1 Å². The molecule has 26 heavy (non-hydrogen) atoms. The molecule has 0 aliphatic carbocycles. The normalized spacial score (nSPS) is 14.8. The molecule has 0 unspecified atom stereocenters. The summed E-state index contributed by atoms with van der Waals surface area (Å²) in [6, 6.07) is 6.43. The van der Waals surface area contributed by atoms with Gasteiger partial charge in [0.2, 0.25) is 11.7 Å². The van der Waals surface area contributed by atoms with E-state index in [1.54, 1.807) is 24.3 Å². The topological polar surface area (TPSA) is 92.8 Å². The maximum absolute atomic E-state index is 12.4. The Morgan fingerprint density at radius 2 is 1.96 bits per heavy atom. The van der Waals surface area contributed by atoms with Gasteiger partial charge in [-0.15, -0.1) is 0 Å². The smallest absolute Gasteiger partial charge is 0.326 e. The van der Waals surface area contributed by atoms with Crippen molar-refractivity contribution in [3.8, 4) is 0 Å². The third-order valence-electron chi connectivity index (χ3n) is 3.77. The van der Waals surface area contributed by atoms with Crippen LogP contribution in [-0.4, -0.2) is 52.7 Å². The van der Waals surface area contributed by atoms with Crippen LogP contribution in [0.3, 0.4) is 0 Å². The first-order chi connectivity index (χ1) is 12.4. The van der Waals surface area contributed by atoms with Gasteiger partial charge in [-0.05, 0) is 37.6 Å². The van der Waals surface area contributed by atoms with Crippen LogP contribution in [0.5, 0.6) is 0 Å². The molecule has 1 heterocycles. The number of carbonyl (C=O) groups excluding carboxylic acids is 4. The summed E-state index contributed by atoms with van der Waals surface area (Å²) < 4.78 is 5.14. The minimum absolute atomic E-state index is 0.0801. The third kappa shape index (κ3) is 5.59. The summed E-state index contributed by atoms with van der Waals surface area (Å²) in [5.41, 5.74) is 0.987. The monoisotopic (exact) mass is 378 g/mol. The zero-order valence-corrected chi connectivity index (χ0v) is 15.6. The first kappa shape index (κ1) is 20.0. The van der Waals surface area contributed by atoms with E-state index in [9.17, 15) is 19.2 Å². The summed E-state index contributed by atoms with van der Waals surface area (Å²) in [6.45, 7) is 3.78. The summed E-state index contributed by atoms with van der Waals surface area (Å²) in [7, 11) is 0. The van der Waals surface area contributed by atoms with Crippen molar-refractivity contribution in [3.05, 3.63) is 29.8 Å². The summed E-state index contributed by atoms with van der Waals surface area (Å²) in [5.74, 6) is -0.373. The summed E-state index contributed by atoms with van der Waals surface area (Å²) in [6.07, 6.45) is 0.243. The van der Waals surface area contributed by atoms with Crippen LogP contribution in [0.15, 0.2) is 24.3 Å². The predicted octanol–water partition coefficient (Wildman–Crippen LogP) is 2.71. The van der Waals surface area contributed by atoms with E-state index in [1.165, 1.54) is 11.8 Å². The lowest BCUT2D eigenvalue weighted by atomic mass is 10.1. The molecule has 140 valence electrons. The quantitative estimate of drug-likeness (QED) is 0.552. The van der Waals surface area contributed by atoms with Gasteiger partial charge in [0, 0.05) is 30.0 Å². The van der Waals surface area contributed by atoms with Crippen LogP contribution in [0.1, 0.15) is 37.0 Å². The van der Waals surface area contributed by atoms with E-state index in [1.807, 2.05) is 6.92 Å². The lowest BCUT2D eigenvalue weighted by molar-refractivity contribution is -0.146. The number of amides is 2. The van der Waals surface area contributed by atoms with Crippen molar-refractivity contribution in [2.75, 3.05) is 24.2 Å². The van der Waals surface area contributed by atoms with Crippen molar-refractivity contribution in [2.45, 2.75) is 32.8 Å². The number of ether oxygens (including phenoxy) is 1. The second-order valence-corrected chi connectivity index (χ2v) is 6.95. The fraction of sp³-hybridized carbons (Fsp3) is 0.444. The number of ketones is 1. The number of anilines is 1. The average Bonchev–Trinajstić information content (AvgIpc) is 2.99. The van der Waals surface area contributed by atoms with Crippen LogP contribution >= 0.6 is 11.8 Å². The average molecular weight is 378 g/mol. The highest BCUT2D eigenvalue weighted by Crippen LogP contribution is 2.17. The maximum Gasteiger partial charge on any atom is 0.326 e. The molecular formula is C18H22N2O5S. The predicted molar refractivity (Wildman–Crippen MR) is 99.3 cm³/mol. The highest BCUT2D eigenvalue weighted by molar-refractivity contribution is 8.13. The summed E-state index contributed by atoms with van der Waals surface area (Å²) in [4.78, 5) is 48.7. The van der Waals surface area contributed by atoms with E-state index >= 15 is 0 Å². The SMILES string of the molecule is CCCC(=O)Nc1ccc(C(=O)[C@@H](C)OC(=O)CN2CCSC2=O)cc1. The Balaban J connectivity index is 1.87. The number of Topliss-reactive ketones (excluding diaryl/α,β-unsaturated/α-hetero) is 1. The Kier molecular flexibility index (Phi) is 7.20. The van der Waals surface area contributed by atoms with Gasteiger partial charge in [0.15, 0.2) is 6.10 Å². The number of hydrogen-bond acceptors (Lipinski definition) is 6. The van der Waals surface area contributed by atoms with Crippen molar-refractivity contribution in [1.29, 1.82) is 0 Å². The van der Waals surface area contributed by atoms with E-state index in [0.717, 1.165) is 18.2 Å². The van der Waals surface area contributed by atoms with Gasteiger partial charge >= 0.3 is 5.97 Å². The maximum atomic E-state index is 12.4. The number of rotatable bonds is 8. The molecule has 1 aromatic rings. The Morgan fingerprint density at radius 1 is 1.27 bits per heavy atom. The zero-order valence-electron chi connectivity index (χ0n) is 14.8. The lowest BCUT2D eigenvalue weighted by Gasteiger charge is -2.16. The third-order valence-corrected chi connectivity index (χ3v) is 4.66. The molecule has 8 heteroatoms. The molecule has 1 aliphatic rings. The van der Waals surface area contributed by atoms with Gasteiger partial charge in [-0.25, -0.2) is 0 Å². The molecule has 2 rings (SSSR count). The molecule has 2 amide bonds. The minimum atomic E-state index is -0.951. The molecule has 0 spiro atoms. The summed E-state index contributed by atoms with van der Waals surface area (Å²) >= 11 is 1.16. The van der Waals surface area contributed by atoms with Crippen molar-refractivity contribution in [1.82, 2.24) is 4.90 Å². The number of benzene rings is 1. The number of esters is 1. The highest BCUT2D eigenvalue weighted by atomic mass is 32.2. The van der Waals surface area contributed by atoms with E-state index in [-0.39, 0.29) is 23.5 Å². The number of carbonyl (C=O) groups is 4. The second-order valence-electron chi connectivity index (χ2n) is 5.91. The first-order valence-corrected chi connectivity index (χ1v) is 9.44. The van der Waals surface area contributed by atoms with Crippen LogP contribution in [0, 0.1) is 0 Å². The molecule has 1 fully saturated rings. The van der Waals surface area contributed by atoms with Crippen molar-refractivity contribution in [2.24, 2.45) is 0 Å². The number of nitrogens with one attached hydrogen (secondary N) is 1. The molecular weight excluding hydrogens is 356 g/mol. The van der Waals surface area contributed by atoms with Crippen molar-refractivity contribution < 1.29 is 23.9 Å². The molecule has 1 N–H and O–H groups in total. The van der Waals surface area contributed by atoms with Crippen molar-refractivity contribution in [3.63, 3.8) is 0 Å². The standard InChI is InChI=1S/C18H22N2O5S/c1-3-4-15(21)19-14-7-5-13(6-8-14)17(23)12(2)25-16(22)11-20-9-10-26-18(20)24/h5-8,12H,3-4,9-11H2,1-2H3,(H,19,21)/t12-/m1/s1. The molecule has 1 aromatic carbocycles. The van der Waals surface area contributed by atoms with Crippen LogP contribution in [0.4, 0.5) is 10.5 Å². The van der Waals surface area contributed by atoms with Gasteiger partial charge in [-0.1, -0.05) is 18.7 Å². The van der Waals surface area contributed by atoms with E-state index in [0.29, 0.717) is 30.0 Å². The molecule has 7 nitrogen and oxygen atoms in total. The summed E-state index contributed by atoms with van der Waals surface area (Å²) in [5, 5.41) is 2.59. The van der Waals surface area contributed by atoms with E-state index in [4.69, 9.17) is 4.74 Å². The van der Waals surface area contributed by atoms with Gasteiger partial charge in [0.1, 0.15) is 6.54 Å². The highest BCUT2D eigenvalue weighted by Gasteiger charge is 2.26. The lowest BCUT2D eigenvalue weighted by Crippen LogP contribution is -2.34. The molecule has 0 aromatic heterocycles. The molecule has 1 aliphatic heterocycles. The van der Waals surface area contributed by atoms with Crippen molar-refractivity contribution >= 4 is 40.3 Å². The molecule has 0 saturated carbocycles. The number of thioether (sulfide) groups is 1. The Morgan fingerprint density at radius 3 is 2.54 bits per heavy atom. The fourth-order valence-electron chi connectivity index (χ4n) is 2.42. The fourth-order valence-corrected chi connectivity index (χ4v) is 3.24. The molecule has 0 bridgehead atoms. The van der Waals surface area contributed by atoms with Gasteiger partial charge in [0.25, 0.3) is 5.24 Å². The van der Waals surface area contributed by atoms with Gasteiger partial charge in [0.05, 0.1) is 0 Å². The van der Waals surface area contributed by atoms with Gasteiger partial charge < -0.3 is 15.0 Å². The second kappa shape index (κ2) is 9.38. The Labute approximate surface area is 156 Å². The first-order valence-electron chi connectivity index (χ1n) is 8.46. The number of hydrogen-bond donors (Lipinski definition) is 1. The van der Waals surface area contributed by atoms with Crippen LogP contribution in [0.25, 0.3) is 0 Å². The van der Waals surface area contributed by atoms with E-state index in [2.05, 4.69) is 5.32 Å². The Bertz CT molecular complexity index is 689. The van der Waals surface area contributed by atoms with Crippen LogP contribution in [-0.2, 0) is 14.3 Å². The van der Waals surface area contributed by atoms with Gasteiger partial charge in [-0.3, -0.25) is 19.2 Å².